The first-order chi connectivity index (χ1) is 8.38. The van der Waals surface area contributed by atoms with Crippen molar-refractivity contribution < 1.29 is 14.3 Å². The maximum atomic E-state index is 12.4. The number of carbonyl (C=O) groups excluding carboxylic acids is 2. The summed E-state index contributed by atoms with van der Waals surface area (Å²) in [4.78, 5) is 25.4. The molecule has 0 aliphatic heterocycles. The molecule has 1 aliphatic carbocycles. The summed E-state index contributed by atoms with van der Waals surface area (Å²) in [5.41, 5.74) is 0. The van der Waals surface area contributed by atoms with E-state index in [1.165, 1.54) is 20.0 Å². The maximum Gasteiger partial charge on any atom is 0.407 e. The molecule has 1 unspecified atom stereocenters. The Labute approximate surface area is 109 Å². The number of rotatable bonds is 5. The molecule has 5 heteroatoms. The highest BCUT2D eigenvalue weighted by molar-refractivity contribution is 5.86. The number of hydrogen-bond donors (Lipinski definition) is 1. The van der Waals surface area contributed by atoms with Gasteiger partial charge in [0, 0.05) is 13.1 Å². The third-order valence-electron chi connectivity index (χ3n) is 3.65. The first-order valence-electron chi connectivity index (χ1n) is 6.49. The van der Waals surface area contributed by atoms with E-state index in [9.17, 15) is 9.59 Å². The van der Waals surface area contributed by atoms with Gasteiger partial charge in [-0.15, -0.1) is 0 Å². The SMILES string of the molecule is COC(=O)NC(C(=O)N(C)[C@H](C)C1CC1)C(C)C. The van der Waals surface area contributed by atoms with E-state index in [2.05, 4.69) is 17.0 Å². The van der Waals surface area contributed by atoms with E-state index in [0.717, 1.165) is 0 Å². The van der Waals surface area contributed by atoms with Crippen LogP contribution in [0, 0.1) is 11.8 Å². The molecule has 0 aromatic carbocycles. The van der Waals surface area contributed by atoms with Crippen molar-refractivity contribution in [2.75, 3.05) is 14.2 Å². The van der Waals surface area contributed by atoms with Gasteiger partial charge in [-0.2, -0.15) is 0 Å². The van der Waals surface area contributed by atoms with Crippen LogP contribution in [0.25, 0.3) is 0 Å². The van der Waals surface area contributed by atoms with Crippen molar-refractivity contribution in [1.29, 1.82) is 0 Å². The van der Waals surface area contributed by atoms with Crippen LogP contribution in [-0.2, 0) is 9.53 Å². The largest absolute Gasteiger partial charge is 0.453 e. The van der Waals surface area contributed by atoms with E-state index in [-0.39, 0.29) is 17.9 Å². The standard InChI is InChI=1S/C13H24N2O3/c1-8(2)11(14-13(17)18-5)12(16)15(4)9(3)10-6-7-10/h8-11H,6-7H2,1-5H3,(H,14,17)/t9-,11?/m1/s1. The molecule has 2 amide bonds. The van der Waals surface area contributed by atoms with E-state index < -0.39 is 12.1 Å². The van der Waals surface area contributed by atoms with Gasteiger partial charge >= 0.3 is 6.09 Å². The minimum absolute atomic E-state index is 0.0328. The Bertz CT molecular complexity index is 313. The van der Waals surface area contributed by atoms with Crippen molar-refractivity contribution in [2.45, 2.75) is 45.7 Å². The molecule has 1 rings (SSSR count). The van der Waals surface area contributed by atoms with E-state index in [1.54, 1.807) is 11.9 Å². The number of nitrogens with zero attached hydrogens (tertiary/aromatic N) is 1. The Hall–Kier alpha value is -1.26. The van der Waals surface area contributed by atoms with Crippen LogP contribution < -0.4 is 5.32 Å². The molecule has 0 heterocycles. The fourth-order valence-electron chi connectivity index (χ4n) is 2.01. The zero-order valence-corrected chi connectivity index (χ0v) is 11.9. The van der Waals surface area contributed by atoms with Gasteiger partial charge in [-0.1, -0.05) is 13.8 Å². The number of likely N-dealkylation sites (N-methyl/N-ethyl adjacent to an activating group) is 1. The summed E-state index contributed by atoms with van der Waals surface area (Å²) in [6.07, 6.45) is 1.82. The van der Waals surface area contributed by atoms with Gasteiger partial charge in [0.1, 0.15) is 6.04 Å². The molecule has 0 saturated heterocycles. The quantitative estimate of drug-likeness (QED) is 0.813. The Morgan fingerprint density at radius 2 is 1.83 bits per heavy atom. The molecule has 0 aromatic rings. The molecule has 0 bridgehead atoms. The van der Waals surface area contributed by atoms with Crippen molar-refractivity contribution in [2.24, 2.45) is 11.8 Å². The Morgan fingerprint density at radius 1 is 1.28 bits per heavy atom. The molecule has 0 spiro atoms. The highest BCUT2D eigenvalue weighted by Crippen LogP contribution is 2.34. The second-order valence-corrected chi connectivity index (χ2v) is 5.38. The van der Waals surface area contributed by atoms with Crippen LogP contribution in [0.5, 0.6) is 0 Å². The third kappa shape index (κ3) is 3.62. The topological polar surface area (TPSA) is 58.6 Å². The van der Waals surface area contributed by atoms with Crippen molar-refractivity contribution in [1.82, 2.24) is 10.2 Å². The molecule has 1 N–H and O–H groups in total. The monoisotopic (exact) mass is 256 g/mol. The summed E-state index contributed by atoms with van der Waals surface area (Å²) in [6, 6.07) is -0.290. The number of ether oxygens (including phenoxy) is 1. The average molecular weight is 256 g/mol. The second kappa shape index (κ2) is 6.07. The van der Waals surface area contributed by atoms with Crippen LogP contribution in [0.2, 0.25) is 0 Å². The lowest BCUT2D eigenvalue weighted by Crippen LogP contribution is -2.52. The molecular weight excluding hydrogens is 232 g/mol. The number of hydrogen-bond acceptors (Lipinski definition) is 3. The van der Waals surface area contributed by atoms with Crippen molar-refractivity contribution in [3.63, 3.8) is 0 Å². The van der Waals surface area contributed by atoms with Crippen LogP contribution >= 0.6 is 0 Å². The average Bonchev–Trinajstić information content (AvgIpc) is 3.16. The van der Waals surface area contributed by atoms with Gasteiger partial charge in [0.25, 0.3) is 0 Å². The van der Waals surface area contributed by atoms with Crippen LogP contribution in [0.15, 0.2) is 0 Å². The Kier molecular flexibility index (Phi) is 4.99. The fraction of sp³-hybridized carbons (Fsp3) is 0.846. The normalized spacial score (nSPS) is 18.1. The number of nitrogens with one attached hydrogen (secondary N) is 1. The number of amides is 2. The summed E-state index contributed by atoms with van der Waals surface area (Å²) in [5.74, 6) is 0.602. The molecule has 18 heavy (non-hydrogen) atoms. The van der Waals surface area contributed by atoms with Gasteiger partial charge in [0.15, 0.2) is 0 Å². The van der Waals surface area contributed by atoms with Crippen molar-refractivity contribution in [3.8, 4) is 0 Å². The Balaban J connectivity index is 2.65. The summed E-state index contributed by atoms with van der Waals surface area (Å²) < 4.78 is 4.56. The molecule has 5 nitrogen and oxygen atoms in total. The van der Waals surface area contributed by atoms with Crippen LogP contribution in [0.3, 0.4) is 0 Å². The molecule has 1 fully saturated rings. The van der Waals surface area contributed by atoms with E-state index in [1.807, 2.05) is 13.8 Å². The first kappa shape index (κ1) is 14.8. The van der Waals surface area contributed by atoms with Crippen LogP contribution in [0.4, 0.5) is 4.79 Å². The van der Waals surface area contributed by atoms with Crippen LogP contribution in [0.1, 0.15) is 33.6 Å². The highest BCUT2D eigenvalue weighted by atomic mass is 16.5. The molecule has 104 valence electrons. The lowest BCUT2D eigenvalue weighted by Gasteiger charge is -2.30. The van der Waals surface area contributed by atoms with E-state index in [4.69, 9.17) is 0 Å². The van der Waals surface area contributed by atoms with Gasteiger partial charge in [-0.3, -0.25) is 4.79 Å². The molecule has 2 atom stereocenters. The summed E-state index contributed by atoms with van der Waals surface area (Å²) >= 11 is 0. The summed E-state index contributed by atoms with van der Waals surface area (Å²) in [5, 5.41) is 2.61. The Morgan fingerprint density at radius 3 is 2.22 bits per heavy atom. The minimum atomic E-state index is -0.561. The van der Waals surface area contributed by atoms with Gasteiger partial charge in [0.2, 0.25) is 5.91 Å². The predicted octanol–water partition coefficient (Wildman–Crippen LogP) is 1.62. The van der Waals surface area contributed by atoms with Gasteiger partial charge in [0.05, 0.1) is 7.11 Å². The van der Waals surface area contributed by atoms with Crippen molar-refractivity contribution >= 4 is 12.0 Å². The zero-order valence-electron chi connectivity index (χ0n) is 11.9. The lowest BCUT2D eigenvalue weighted by molar-refractivity contribution is -0.135. The summed E-state index contributed by atoms with van der Waals surface area (Å²) in [7, 11) is 3.10. The van der Waals surface area contributed by atoms with Crippen molar-refractivity contribution in [3.05, 3.63) is 0 Å². The summed E-state index contributed by atoms with van der Waals surface area (Å²) in [6.45, 7) is 5.88. The molecule has 0 aromatic heterocycles. The second-order valence-electron chi connectivity index (χ2n) is 5.38. The fourth-order valence-corrected chi connectivity index (χ4v) is 2.01. The lowest BCUT2D eigenvalue weighted by atomic mass is 10.0. The molecule has 1 saturated carbocycles. The molecule has 0 radical (unpaired) electrons. The predicted molar refractivity (Wildman–Crippen MR) is 69.1 cm³/mol. The highest BCUT2D eigenvalue weighted by Gasteiger charge is 2.36. The smallest absolute Gasteiger partial charge is 0.407 e. The minimum Gasteiger partial charge on any atom is -0.453 e. The van der Waals surface area contributed by atoms with Gasteiger partial charge in [-0.05, 0) is 31.6 Å². The van der Waals surface area contributed by atoms with Gasteiger partial charge < -0.3 is 15.0 Å². The molecular formula is C13H24N2O3. The maximum absolute atomic E-state index is 12.4. The van der Waals surface area contributed by atoms with Gasteiger partial charge in [-0.25, -0.2) is 4.79 Å². The number of carbonyl (C=O) groups is 2. The van der Waals surface area contributed by atoms with Crippen LogP contribution in [-0.4, -0.2) is 43.1 Å². The number of methoxy groups -OCH3 is 1. The van der Waals surface area contributed by atoms with E-state index in [0.29, 0.717) is 5.92 Å². The third-order valence-corrected chi connectivity index (χ3v) is 3.65. The molecule has 1 aliphatic rings. The number of alkyl carbamates (subject to hydrolysis) is 1. The zero-order chi connectivity index (χ0) is 13.9. The first-order valence-corrected chi connectivity index (χ1v) is 6.49. The van der Waals surface area contributed by atoms with E-state index >= 15 is 0 Å².